The summed E-state index contributed by atoms with van der Waals surface area (Å²) in [6.45, 7) is 0. The molecular formula is C20H17NO3. The van der Waals surface area contributed by atoms with E-state index in [2.05, 4.69) is 4.98 Å². The van der Waals surface area contributed by atoms with E-state index in [1.807, 2.05) is 30.5 Å². The average molecular weight is 319 g/mol. The summed E-state index contributed by atoms with van der Waals surface area (Å²) in [4.78, 5) is 16.5. The van der Waals surface area contributed by atoms with Crippen LogP contribution >= 0.6 is 0 Å². The number of benzene rings is 2. The number of ether oxygens (including phenoxy) is 2. The number of nitrogens with zero attached hydrogens (tertiary/aromatic N) is 1. The molecule has 0 saturated heterocycles. The van der Waals surface area contributed by atoms with Gasteiger partial charge in [0, 0.05) is 23.8 Å². The van der Waals surface area contributed by atoms with E-state index in [4.69, 9.17) is 9.47 Å². The Balaban J connectivity index is 1.86. The molecule has 0 bridgehead atoms. The van der Waals surface area contributed by atoms with E-state index in [0.29, 0.717) is 17.1 Å². The smallest absolute Gasteiger partial charge is 0.189 e. The van der Waals surface area contributed by atoms with Gasteiger partial charge in [0.2, 0.25) is 0 Å². The van der Waals surface area contributed by atoms with E-state index in [1.54, 1.807) is 43.7 Å². The zero-order valence-corrected chi connectivity index (χ0v) is 13.5. The Hall–Kier alpha value is -3.14. The lowest BCUT2D eigenvalue weighted by atomic mass is 10.1. The van der Waals surface area contributed by atoms with Crippen molar-refractivity contribution in [3.63, 3.8) is 0 Å². The molecule has 2 aromatic carbocycles. The highest BCUT2D eigenvalue weighted by Crippen LogP contribution is 2.25. The van der Waals surface area contributed by atoms with E-state index in [9.17, 15) is 4.79 Å². The van der Waals surface area contributed by atoms with Crippen LogP contribution in [0, 0.1) is 0 Å². The summed E-state index contributed by atoms with van der Waals surface area (Å²) < 4.78 is 10.4. The molecule has 24 heavy (non-hydrogen) atoms. The van der Waals surface area contributed by atoms with E-state index < -0.39 is 0 Å². The topological polar surface area (TPSA) is 48.4 Å². The standard InChI is InChI=1S/C20H17NO3/c1-23-17-6-7-18(20(12-17)24-2)19(22)8-4-14-3-5-16-13-21-10-9-15(16)11-14/h3-13H,1-2H3. The van der Waals surface area contributed by atoms with E-state index in [0.717, 1.165) is 16.3 Å². The van der Waals surface area contributed by atoms with Crippen molar-refractivity contribution in [2.24, 2.45) is 0 Å². The van der Waals surface area contributed by atoms with Gasteiger partial charge in [0.05, 0.1) is 19.8 Å². The minimum absolute atomic E-state index is 0.121. The zero-order chi connectivity index (χ0) is 16.9. The van der Waals surface area contributed by atoms with Crippen LogP contribution in [0.2, 0.25) is 0 Å². The SMILES string of the molecule is COc1ccc(C(=O)C=Cc2ccc3cnccc3c2)c(OC)c1. The Morgan fingerprint density at radius 3 is 2.67 bits per heavy atom. The normalized spacial score (nSPS) is 10.9. The fourth-order valence-corrected chi connectivity index (χ4v) is 2.47. The molecule has 0 aliphatic heterocycles. The minimum Gasteiger partial charge on any atom is -0.497 e. The number of fused-ring (bicyclic) bond motifs is 1. The lowest BCUT2D eigenvalue weighted by molar-refractivity contribution is 0.104. The quantitative estimate of drug-likeness (QED) is 0.523. The molecule has 4 nitrogen and oxygen atoms in total. The number of allylic oxidation sites excluding steroid dienone is 1. The third kappa shape index (κ3) is 3.27. The zero-order valence-electron chi connectivity index (χ0n) is 13.5. The number of hydrogen-bond acceptors (Lipinski definition) is 4. The predicted molar refractivity (Wildman–Crippen MR) is 94.7 cm³/mol. The third-order valence-corrected chi connectivity index (χ3v) is 3.77. The second-order valence-corrected chi connectivity index (χ2v) is 5.25. The van der Waals surface area contributed by atoms with Crippen molar-refractivity contribution >= 4 is 22.6 Å². The number of pyridine rings is 1. The largest absolute Gasteiger partial charge is 0.497 e. The summed E-state index contributed by atoms with van der Waals surface area (Å²) in [5.74, 6) is 1.02. The van der Waals surface area contributed by atoms with Crippen LogP contribution in [0.5, 0.6) is 11.5 Å². The molecule has 3 rings (SSSR count). The molecule has 0 aliphatic carbocycles. The van der Waals surface area contributed by atoms with E-state index >= 15 is 0 Å². The van der Waals surface area contributed by atoms with Gasteiger partial charge >= 0.3 is 0 Å². The second kappa shape index (κ2) is 6.96. The molecule has 0 amide bonds. The first kappa shape index (κ1) is 15.7. The molecule has 1 heterocycles. The van der Waals surface area contributed by atoms with Crippen molar-refractivity contribution in [1.29, 1.82) is 0 Å². The Labute approximate surface area is 140 Å². The van der Waals surface area contributed by atoms with Crippen LogP contribution in [-0.2, 0) is 0 Å². The number of ketones is 1. The monoisotopic (exact) mass is 319 g/mol. The molecule has 0 aliphatic rings. The maximum absolute atomic E-state index is 12.4. The number of methoxy groups -OCH3 is 2. The fourth-order valence-electron chi connectivity index (χ4n) is 2.47. The molecule has 0 unspecified atom stereocenters. The number of carbonyl (C=O) groups excluding carboxylic acids is 1. The van der Waals surface area contributed by atoms with Crippen LogP contribution < -0.4 is 9.47 Å². The van der Waals surface area contributed by atoms with Gasteiger partial charge < -0.3 is 9.47 Å². The number of carbonyl (C=O) groups is 1. The molecule has 0 N–H and O–H groups in total. The first-order valence-corrected chi connectivity index (χ1v) is 7.49. The molecule has 0 saturated carbocycles. The Bertz CT molecular complexity index is 916. The molecule has 1 aromatic heterocycles. The summed E-state index contributed by atoms with van der Waals surface area (Å²) in [6.07, 6.45) is 6.91. The number of aromatic nitrogens is 1. The fraction of sp³-hybridized carbons (Fsp3) is 0.100. The number of hydrogen-bond donors (Lipinski definition) is 0. The van der Waals surface area contributed by atoms with Gasteiger partial charge in [0.15, 0.2) is 5.78 Å². The van der Waals surface area contributed by atoms with Crippen LogP contribution in [0.15, 0.2) is 60.9 Å². The van der Waals surface area contributed by atoms with Crippen molar-refractivity contribution < 1.29 is 14.3 Å². The summed E-state index contributed by atoms with van der Waals surface area (Å²) in [7, 11) is 3.11. The van der Waals surface area contributed by atoms with Gasteiger partial charge in [-0.3, -0.25) is 9.78 Å². The minimum atomic E-state index is -0.121. The maximum Gasteiger partial charge on any atom is 0.189 e. The van der Waals surface area contributed by atoms with Gasteiger partial charge in [-0.1, -0.05) is 18.2 Å². The molecule has 0 radical (unpaired) electrons. The average Bonchev–Trinajstić information content (AvgIpc) is 2.65. The third-order valence-electron chi connectivity index (χ3n) is 3.77. The molecule has 120 valence electrons. The first-order chi connectivity index (χ1) is 11.7. The highest BCUT2D eigenvalue weighted by Gasteiger charge is 2.10. The van der Waals surface area contributed by atoms with Crippen LogP contribution in [0.4, 0.5) is 0 Å². The lowest BCUT2D eigenvalue weighted by Crippen LogP contribution is -1.99. The molecule has 4 heteroatoms. The number of rotatable bonds is 5. The van der Waals surface area contributed by atoms with Crippen molar-refractivity contribution in [2.75, 3.05) is 14.2 Å². The predicted octanol–water partition coefficient (Wildman–Crippen LogP) is 4.15. The lowest BCUT2D eigenvalue weighted by Gasteiger charge is -2.08. The van der Waals surface area contributed by atoms with Gasteiger partial charge in [-0.05, 0) is 41.3 Å². The Morgan fingerprint density at radius 1 is 1.00 bits per heavy atom. The van der Waals surface area contributed by atoms with Gasteiger partial charge in [0.1, 0.15) is 11.5 Å². The second-order valence-electron chi connectivity index (χ2n) is 5.25. The van der Waals surface area contributed by atoms with Crippen LogP contribution in [0.25, 0.3) is 16.8 Å². The van der Waals surface area contributed by atoms with Gasteiger partial charge in [0.25, 0.3) is 0 Å². The van der Waals surface area contributed by atoms with Crippen molar-refractivity contribution in [3.05, 3.63) is 72.1 Å². The van der Waals surface area contributed by atoms with E-state index in [-0.39, 0.29) is 5.78 Å². The molecule has 0 fully saturated rings. The summed E-state index contributed by atoms with van der Waals surface area (Å²) in [5, 5.41) is 2.15. The molecule has 0 atom stereocenters. The summed E-state index contributed by atoms with van der Waals surface area (Å²) in [5.41, 5.74) is 1.45. The Kier molecular flexibility index (Phi) is 4.57. The van der Waals surface area contributed by atoms with Crippen molar-refractivity contribution in [3.8, 4) is 11.5 Å². The van der Waals surface area contributed by atoms with Gasteiger partial charge in [-0.15, -0.1) is 0 Å². The van der Waals surface area contributed by atoms with Gasteiger partial charge in [-0.25, -0.2) is 0 Å². The highest BCUT2D eigenvalue weighted by molar-refractivity contribution is 6.08. The van der Waals surface area contributed by atoms with Crippen LogP contribution in [0.1, 0.15) is 15.9 Å². The first-order valence-electron chi connectivity index (χ1n) is 7.49. The molecule has 0 spiro atoms. The van der Waals surface area contributed by atoms with Crippen molar-refractivity contribution in [1.82, 2.24) is 4.98 Å². The molecular weight excluding hydrogens is 302 g/mol. The Morgan fingerprint density at radius 2 is 1.88 bits per heavy atom. The molecule has 3 aromatic rings. The highest BCUT2D eigenvalue weighted by atomic mass is 16.5. The maximum atomic E-state index is 12.4. The summed E-state index contributed by atoms with van der Waals surface area (Å²) in [6, 6.07) is 13.1. The van der Waals surface area contributed by atoms with Crippen LogP contribution in [-0.4, -0.2) is 25.0 Å². The van der Waals surface area contributed by atoms with Crippen molar-refractivity contribution in [2.45, 2.75) is 0 Å². The van der Waals surface area contributed by atoms with Crippen LogP contribution in [0.3, 0.4) is 0 Å². The summed E-state index contributed by atoms with van der Waals surface area (Å²) >= 11 is 0. The van der Waals surface area contributed by atoms with Gasteiger partial charge in [-0.2, -0.15) is 0 Å². The van der Waals surface area contributed by atoms with E-state index in [1.165, 1.54) is 7.11 Å².